The molecule has 0 bridgehead atoms. The first-order chi connectivity index (χ1) is 14.8. The summed E-state index contributed by atoms with van der Waals surface area (Å²) in [7, 11) is 1.68. The van der Waals surface area contributed by atoms with Crippen molar-refractivity contribution >= 4 is 36.0 Å². The van der Waals surface area contributed by atoms with E-state index in [0.29, 0.717) is 25.7 Å². The Balaban J connectivity index is 0.00000512. The Morgan fingerprint density at radius 2 is 1.81 bits per heavy atom. The van der Waals surface area contributed by atoms with Crippen molar-refractivity contribution in [2.45, 2.75) is 71.4 Å². The first-order valence-corrected chi connectivity index (χ1v) is 11.9. The number of guanidine groups is 1. The van der Waals surface area contributed by atoms with Gasteiger partial charge in [-0.15, -0.1) is 24.0 Å². The molecule has 1 saturated carbocycles. The highest BCUT2D eigenvalue weighted by Crippen LogP contribution is 2.32. The third-order valence-corrected chi connectivity index (χ3v) is 5.46. The summed E-state index contributed by atoms with van der Waals surface area (Å²) in [5, 5.41) is 3.41. The zero-order valence-electron chi connectivity index (χ0n) is 20.7. The summed E-state index contributed by atoms with van der Waals surface area (Å²) in [5.41, 5.74) is -0.461. The number of nitrogens with one attached hydrogen (secondary N) is 1. The number of methoxy groups -OCH3 is 1. The van der Waals surface area contributed by atoms with Gasteiger partial charge < -0.3 is 29.3 Å². The summed E-state index contributed by atoms with van der Waals surface area (Å²) in [6.07, 6.45) is 5.07. The second-order valence-corrected chi connectivity index (χ2v) is 9.49. The Morgan fingerprint density at radius 3 is 2.38 bits per heavy atom. The molecule has 1 saturated heterocycles. The number of halogens is 1. The van der Waals surface area contributed by atoms with Gasteiger partial charge in [0.25, 0.3) is 0 Å². The summed E-state index contributed by atoms with van der Waals surface area (Å²) in [4.78, 5) is 21.9. The van der Waals surface area contributed by atoms with E-state index >= 15 is 0 Å². The molecule has 9 heteroatoms. The van der Waals surface area contributed by atoms with E-state index in [2.05, 4.69) is 17.1 Å². The first-order valence-electron chi connectivity index (χ1n) is 11.9. The lowest BCUT2D eigenvalue weighted by Crippen LogP contribution is -2.52. The molecule has 0 aromatic rings. The largest absolute Gasteiger partial charge is 0.444 e. The Kier molecular flexibility index (Phi) is 13.8. The Morgan fingerprint density at radius 1 is 1.12 bits per heavy atom. The molecule has 8 nitrogen and oxygen atoms in total. The van der Waals surface area contributed by atoms with Crippen LogP contribution in [-0.2, 0) is 14.2 Å². The molecule has 1 N–H and O–H groups in total. The topological polar surface area (TPSA) is 75.6 Å². The Bertz CT molecular complexity index is 559. The Labute approximate surface area is 211 Å². The predicted octanol–water partition coefficient (Wildman–Crippen LogP) is 3.73. The van der Waals surface area contributed by atoms with E-state index in [1.807, 2.05) is 25.7 Å². The molecule has 188 valence electrons. The minimum Gasteiger partial charge on any atom is -0.444 e. The first kappa shape index (κ1) is 29.2. The molecule has 1 amide bonds. The molecule has 0 aromatic carbocycles. The number of aliphatic imine (C=N–C) groups is 1. The third-order valence-electron chi connectivity index (χ3n) is 5.46. The van der Waals surface area contributed by atoms with Gasteiger partial charge in [0.15, 0.2) is 5.96 Å². The maximum Gasteiger partial charge on any atom is 0.410 e. The van der Waals surface area contributed by atoms with Crippen molar-refractivity contribution in [1.29, 1.82) is 0 Å². The lowest BCUT2D eigenvalue weighted by atomic mass is 10.0. The summed E-state index contributed by atoms with van der Waals surface area (Å²) < 4.78 is 16.2. The third kappa shape index (κ3) is 11.4. The molecule has 1 aliphatic carbocycles. The number of carbonyl (C=O) groups excluding carboxylic acids is 1. The van der Waals surface area contributed by atoms with Gasteiger partial charge in [0.1, 0.15) is 5.60 Å². The van der Waals surface area contributed by atoms with E-state index in [9.17, 15) is 4.79 Å². The van der Waals surface area contributed by atoms with Crippen LogP contribution >= 0.6 is 24.0 Å². The zero-order chi connectivity index (χ0) is 22.7. The van der Waals surface area contributed by atoms with Crippen LogP contribution in [-0.4, -0.2) is 93.1 Å². The molecule has 32 heavy (non-hydrogen) atoms. The minimum atomic E-state index is -0.461. The number of likely N-dealkylation sites (tertiary alicyclic amines) is 1. The highest BCUT2D eigenvalue weighted by molar-refractivity contribution is 14.0. The molecular weight excluding hydrogens is 523 g/mol. The van der Waals surface area contributed by atoms with Crippen LogP contribution in [0.1, 0.15) is 59.8 Å². The molecule has 0 spiro atoms. The number of carbonyl (C=O) groups is 1. The molecule has 2 rings (SSSR count). The molecule has 0 atom stereocenters. The molecular formula is C23H45IN4O4. The second kappa shape index (κ2) is 15.2. The van der Waals surface area contributed by atoms with Crippen LogP contribution in [0.2, 0.25) is 0 Å². The van der Waals surface area contributed by atoms with Crippen molar-refractivity contribution in [1.82, 2.24) is 15.1 Å². The van der Waals surface area contributed by atoms with Crippen LogP contribution in [0.3, 0.4) is 0 Å². The van der Waals surface area contributed by atoms with Crippen molar-refractivity contribution in [3.05, 3.63) is 0 Å². The van der Waals surface area contributed by atoms with Crippen molar-refractivity contribution in [2.75, 3.05) is 59.7 Å². The smallest absolute Gasteiger partial charge is 0.410 e. The quantitative estimate of drug-likeness (QED) is 0.177. The summed E-state index contributed by atoms with van der Waals surface area (Å²) in [6, 6.07) is 0.240. The van der Waals surface area contributed by atoms with Crippen LogP contribution in [0, 0.1) is 5.92 Å². The van der Waals surface area contributed by atoms with Crippen molar-refractivity contribution in [3.63, 3.8) is 0 Å². The summed E-state index contributed by atoms with van der Waals surface area (Å²) in [6.45, 7) is 14.0. The van der Waals surface area contributed by atoms with E-state index in [-0.39, 0.29) is 36.1 Å². The van der Waals surface area contributed by atoms with Crippen molar-refractivity contribution in [2.24, 2.45) is 10.9 Å². The van der Waals surface area contributed by atoms with E-state index < -0.39 is 5.60 Å². The minimum absolute atomic E-state index is 0. The number of ether oxygens (including phenoxy) is 3. The molecule has 2 fully saturated rings. The van der Waals surface area contributed by atoms with E-state index in [1.165, 1.54) is 12.8 Å². The van der Waals surface area contributed by atoms with Crippen LogP contribution in [0.15, 0.2) is 4.99 Å². The molecule has 2 aliphatic rings. The highest BCUT2D eigenvalue weighted by Gasteiger charge is 2.35. The maximum atomic E-state index is 12.8. The molecule has 0 radical (unpaired) electrons. The molecule has 0 aromatic heterocycles. The lowest BCUT2D eigenvalue weighted by molar-refractivity contribution is 0.00928. The number of hydrogen-bond acceptors (Lipinski definition) is 5. The fraction of sp³-hybridized carbons (Fsp3) is 0.913. The number of rotatable bonds is 11. The monoisotopic (exact) mass is 568 g/mol. The zero-order valence-corrected chi connectivity index (χ0v) is 23.1. The van der Waals surface area contributed by atoms with Gasteiger partial charge in [-0.2, -0.15) is 0 Å². The SMILES string of the molecule is CCNC(=NCCCOCCOC)N1CCC(N(CC2CC2)C(=O)OC(C)(C)C)CC1.I. The fourth-order valence-electron chi connectivity index (χ4n) is 3.68. The van der Waals surface area contributed by atoms with E-state index in [1.54, 1.807) is 7.11 Å². The number of piperidine rings is 1. The average molecular weight is 569 g/mol. The predicted molar refractivity (Wildman–Crippen MR) is 139 cm³/mol. The normalized spacial score (nSPS) is 17.7. The fourth-order valence-corrected chi connectivity index (χ4v) is 3.68. The van der Waals surface area contributed by atoms with Crippen LogP contribution in [0.4, 0.5) is 4.79 Å². The average Bonchev–Trinajstić information content (AvgIpc) is 3.54. The number of hydrogen-bond donors (Lipinski definition) is 1. The summed E-state index contributed by atoms with van der Waals surface area (Å²) in [5.74, 6) is 1.61. The van der Waals surface area contributed by atoms with Crippen molar-refractivity contribution in [3.8, 4) is 0 Å². The van der Waals surface area contributed by atoms with Crippen LogP contribution in [0.5, 0.6) is 0 Å². The standard InChI is InChI=1S/C23H44N4O4.HI/c1-6-24-21(25-12-7-15-30-17-16-29-5)26-13-10-20(11-14-26)27(18-19-8-9-19)22(28)31-23(2,3)4;/h19-20H,6-18H2,1-5H3,(H,24,25);1H. The van der Waals surface area contributed by atoms with Gasteiger partial charge >= 0.3 is 6.09 Å². The highest BCUT2D eigenvalue weighted by atomic mass is 127. The second-order valence-electron chi connectivity index (χ2n) is 9.49. The van der Waals surface area contributed by atoms with Gasteiger partial charge in [0.2, 0.25) is 0 Å². The molecule has 0 unspecified atom stereocenters. The number of nitrogens with zero attached hydrogens (tertiary/aromatic N) is 3. The van der Waals surface area contributed by atoms with Crippen LogP contribution in [0.25, 0.3) is 0 Å². The Hall–Kier alpha value is -0.810. The van der Waals surface area contributed by atoms with Gasteiger partial charge in [-0.05, 0) is 65.7 Å². The van der Waals surface area contributed by atoms with E-state index in [4.69, 9.17) is 19.2 Å². The van der Waals surface area contributed by atoms with Crippen LogP contribution < -0.4 is 5.32 Å². The molecule has 1 heterocycles. The maximum absolute atomic E-state index is 12.8. The van der Waals surface area contributed by atoms with Gasteiger partial charge in [0.05, 0.1) is 13.2 Å². The lowest BCUT2D eigenvalue weighted by Gasteiger charge is -2.40. The number of amides is 1. The van der Waals surface area contributed by atoms with E-state index in [0.717, 1.165) is 57.9 Å². The summed E-state index contributed by atoms with van der Waals surface area (Å²) >= 11 is 0. The van der Waals surface area contributed by atoms with Gasteiger partial charge in [0, 0.05) is 52.5 Å². The van der Waals surface area contributed by atoms with Crippen molar-refractivity contribution < 1.29 is 19.0 Å². The molecule has 1 aliphatic heterocycles. The van der Waals surface area contributed by atoms with Gasteiger partial charge in [-0.3, -0.25) is 4.99 Å². The van der Waals surface area contributed by atoms with Gasteiger partial charge in [-0.25, -0.2) is 4.79 Å². The van der Waals surface area contributed by atoms with Gasteiger partial charge in [-0.1, -0.05) is 0 Å².